The average molecular weight is 344 g/mol. The summed E-state index contributed by atoms with van der Waals surface area (Å²) in [6, 6.07) is 9.97. The highest BCUT2D eigenvalue weighted by Crippen LogP contribution is 2.09. The second kappa shape index (κ2) is 8.73. The topological polar surface area (TPSA) is 91.5 Å². The number of carbonyl (C=O) groups excluding carboxylic acids is 1. The van der Waals surface area contributed by atoms with Gasteiger partial charge in [0.2, 0.25) is 11.8 Å². The summed E-state index contributed by atoms with van der Waals surface area (Å²) in [6.45, 7) is 2.21. The second-order valence-corrected chi connectivity index (χ2v) is 6.40. The normalized spacial score (nSPS) is 18.2. The number of piperidine rings is 1. The zero-order valence-corrected chi connectivity index (χ0v) is 14.2. The minimum absolute atomic E-state index is 0.0434. The fraction of sp³-hybridized carbons (Fsp3) is 0.500. The van der Waals surface area contributed by atoms with E-state index in [1.807, 2.05) is 35.2 Å². The van der Waals surface area contributed by atoms with Gasteiger partial charge in [0.25, 0.3) is 0 Å². The zero-order valence-electron chi connectivity index (χ0n) is 14.2. The van der Waals surface area contributed by atoms with Gasteiger partial charge in [-0.05, 0) is 24.9 Å². The maximum atomic E-state index is 12.0. The molecule has 0 unspecified atom stereocenters. The molecule has 2 aromatic rings. The Morgan fingerprint density at radius 1 is 1.36 bits per heavy atom. The predicted octanol–water partition coefficient (Wildman–Crippen LogP) is 0.776. The number of hydrogen-bond donors (Lipinski definition) is 2. The van der Waals surface area contributed by atoms with Crippen LogP contribution in [0.5, 0.6) is 0 Å². The molecule has 1 saturated heterocycles. The highest BCUT2D eigenvalue weighted by atomic mass is 16.5. The molecule has 1 aliphatic rings. The Morgan fingerprint density at radius 2 is 2.20 bits per heavy atom. The molecule has 1 aliphatic heterocycles. The SMILES string of the molecule is O=C(CN1CCC[C@H](O)C1)NCCc1nc(Cc2ccccc2)no1. The van der Waals surface area contributed by atoms with E-state index >= 15 is 0 Å². The van der Waals surface area contributed by atoms with Crippen LogP contribution in [0.3, 0.4) is 0 Å². The Balaban J connectivity index is 1.38. The van der Waals surface area contributed by atoms with Crippen molar-refractivity contribution >= 4 is 5.91 Å². The van der Waals surface area contributed by atoms with Gasteiger partial charge in [-0.3, -0.25) is 9.69 Å². The van der Waals surface area contributed by atoms with Crippen LogP contribution in [0.25, 0.3) is 0 Å². The fourth-order valence-corrected chi connectivity index (χ4v) is 2.98. The maximum absolute atomic E-state index is 12.0. The van der Waals surface area contributed by atoms with E-state index in [2.05, 4.69) is 15.5 Å². The van der Waals surface area contributed by atoms with Crippen LogP contribution < -0.4 is 5.32 Å². The molecule has 25 heavy (non-hydrogen) atoms. The summed E-state index contributed by atoms with van der Waals surface area (Å²) in [4.78, 5) is 18.3. The van der Waals surface area contributed by atoms with Crippen molar-refractivity contribution in [2.24, 2.45) is 0 Å². The third-order valence-corrected chi connectivity index (χ3v) is 4.22. The van der Waals surface area contributed by atoms with E-state index in [-0.39, 0.29) is 12.0 Å². The van der Waals surface area contributed by atoms with Crippen LogP contribution in [0.4, 0.5) is 0 Å². The van der Waals surface area contributed by atoms with Crippen molar-refractivity contribution in [2.75, 3.05) is 26.2 Å². The molecular formula is C18H24N4O3. The van der Waals surface area contributed by atoms with Gasteiger partial charge >= 0.3 is 0 Å². The lowest BCUT2D eigenvalue weighted by molar-refractivity contribution is -0.122. The van der Waals surface area contributed by atoms with Crippen molar-refractivity contribution in [2.45, 2.75) is 31.8 Å². The Labute approximate surface area is 147 Å². The third-order valence-electron chi connectivity index (χ3n) is 4.22. The molecule has 1 fully saturated rings. The lowest BCUT2D eigenvalue weighted by Gasteiger charge is -2.29. The highest BCUT2D eigenvalue weighted by Gasteiger charge is 2.19. The Bertz CT molecular complexity index is 674. The molecule has 134 valence electrons. The van der Waals surface area contributed by atoms with E-state index in [4.69, 9.17) is 4.52 Å². The summed E-state index contributed by atoms with van der Waals surface area (Å²) in [5.74, 6) is 1.13. The second-order valence-electron chi connectivity index (χ2n) is 6.40. The number of nitrogens with zero attached hydrogens (tertiary/aromatic N) is 3. The summed E-state index contributed by atoms with van der Waals surface area (Å²) in [5, 5.41) is 16.5. The number of hydrogen-bond acceptors (Lipinski definition) is 6. The lowest BCUT2D eigenvalue weighted by Crippen LogP contribution is -2.44. The zero-order chi connectivity index (χ0) is 17.5. The number of aromatic nitrogens is 2. The molecule has 1 atom stereocenters. The third kappa shape index (κ3) is 5.65. The van der Waals surface area contributed by atoms with Gasteiger partial charge in [-0.1, -0.05) is 35.5 Å². The van der Waals surface area contributed by atoms with Crippen LogP contribution >= 0.6 is 0 Å². The van der Waals surface area contributed by atoms with Crippen molar-refractivity contribution < 1.29 is 14.4 Å². The number of likely N-dealkylation sites (tertiary alicyclic amines) is 1. The summed E-state index contributed by atoms with van der Waals surface area (Å²) < 4.78 is 5.23. The maximum Gasteiger partial charge on any atom is 0.234 e. The van der Waals surface area contributed by atoms with Gasteiger partial charge in [0.15, 0.2) is 5.82 Å². The number of amides is 1. The predicted molar refractivity (Wildman–Crippen MR) is 91.9 cm³/mol. The summed E-state index contributed by atoms with van der Waals surface area (Å²) >= 11 is 0. The molecule has 0 radical (unpaired) electrons. The Kier molecular flexibility index (Phi) is 6.14. The first-order valence-corrected chi connectivity index (χ1v) is 8.71. The van der Waals surface area contributed by atoms with E-state index in [0.717, 1.165) is 24.9 Å². The Morgan fingerprint density at radius 3 is 3.00 bits per heavy atom. The molecular weight excluding hydrogens is 320 g/mol. The standard InChI is InChI=1S/C18H24N4O3/c23-15-7-4-10-22(12-15)13-17(24)19-9-8-18-20-16(21-25-18)11-14-5-2-1-3-6-14/h1-3,5-6,15,23H,4,7-13H2,(H,19,24)/t15-/m0/s1. The van der Waals surface area contributed by atoms with Crippen LogP contribution in [0.2, 0.25) is 0 Å². The lowest BCUT2D eigenvalue weighted by atomic mass is 10.1. The molecule has 1 amide bonds. The summed E-state index contributed by atoms with van der Waals surface area (Å²) in [6.07, 6.45) is 2.58. The van der Waals surface area contributed by atoms with Gasteiger partial charge in [0, 0.05) is 25.9 Å². The van der Waals surface area contributed by atoms with Gasteiger partial charge in [-0.15, -0.1) is 0 Å². The highest BCUT2D eigenvalue weighted by molar-refractivity contribution is 5.78. The van der Waals surface area contributed by atoms with E-state index in [1.165, 1.54) is 0 Å². The van der Waals surface area contributed by atoms with Gasteiger partial charge < -0.3 is 14.9 Å². The van der Waals surface area contributed by atoms with Crippen molar-refractivity contribution in [3.63, 3.8) is 0 Å². The minimum Gasteiger partial charge on any atom is -0.392 e. The van der Waals surface area contributed by atoms with Crippen molar-refractivity contribution in [3.05, 3.63) is 47.6 Å². The summed E-state index contributed by atoms with van der Waals surface area (Å²) in [7, 11) is 0. The number of β-amino-alcohol motifs (C(OH)–C–C–N with tert-alkyl or cyclic N) is 1. The van der Waals surface area contributed by atoms with Crippen LogP contribution in [0, 0.1) is 0 Å². The quantitative estimate of drug-likeness (QED) is 0.771. The molecule has 1 aromatic carbocycles. The Hall–Kier alpha value is -2.25. The first kappa shape index (κ1) is 17.6. The largest absolute Gasteiger partial charge is 0.392 e. The first-order valence-electron chi connectivity index (χ1n) is 8.71. The smallest absolute Gasteiger partial charge is 0.234 e. The summed E-state index contributed by atoms with van der Waals surface area (Å²) in [5.41, 5.74) is 1.13. The molecule has 7 nitrogen and oxygen atoms in total. The van der Waals surface area contributed by atoms with Crippen molar-refractivity contribution in [3.8, 4) is 0 Å². The van der Waals surface area contributed by atoms with E-state index in [0.29, 0.717) is 44.2 Å². The fourth-order valence-electron chi connectivity index (χ4n) is 2.98. The number of aliphatic hydroxyl groups excluding tert-OH is 1. The monoisotopic (exact) mass is 344 g/mol. The van der Waals surface area contributed by atoms with Crippen molar-refractivity contribution in [1.29, 1.82) is 0 Å². The van der Waals surface area contributed by atoms with Crippen LogP contribution in [-0.4, -0.2) is 58.3 Å². The average Bonchev–Trinajstić information content (AvgIpc) is 3.03. The molecule has 0 saturated carbocycles. The number of carbonyl (C=O) groups is 1. The number of aliphatic hydroxyl groups is 1. The molecule has 2 N–H and O–H groups in total. The molecule has 1 aromatic heterocycles. The molecule has 3 rings (SSSR count). The van der Waals surface area contributed by atoms with Crippen LogP contribution in [-0.2, 0) is 17.6 Å². The van der Waals surface area contributed by atoms with E-state index in [9.17, 15) is 9.90 Å². The molecule has 0 spiro atoms. The number of nitrogens with one attached hydrogen (secondary N) is 1. The molecule has 0 aliphatic carbocycles. The number of rotatable bonds is 7. The van der Waals surface area contributed by atoms with E-state index in [1.54, 1.807) is 0 Å². The van der Waals surface area contributed by atoms with Crippen LogP contribution in [0.15, 0.2) is 34.9 Å². The molecule has 0 bridgehead atoms. The van der Waals surface area contributed by atoms with Gasteiger partial charge in [0.05, 0.1) is 12.6 Å². The number of benzene rings is 1. The van der Waals surface area contributed by atoms with Gasteiger partial charge in [-0.2, -0.15) is 4.98 Å². The van der Waals surface area contributed by atoms with Crippen LogP contribution in [0.1, 0.15) is 30.1 Å². The minimum atomic E-state index is -0.317. The van der Waals surface area contributed by atoms with Gasteiger partial charge in [0.1, 0.15) is 0 Å². The molecule has 2 heterocycles. The first-order chi connectivity index (χ1) is 12.2. The van der Waals surface area contributed by atoms with Crippen molar-refractivity contribution in [1.82, 2.24) is 20.4 Å². The van der Waals surface area contributed by atoms with Gasteiger partial charge in [-0.25, -0.2) is 0 Å². The molecule has 7 heteroatoms. The van der Waals surface area contributed by atoms with E-state index < -0.39 is 0 Å².